The predicted molar refractivity (Wildman–Crippen MR) is 74.8 cm³/mol. The second-order valence-corrected chi connectivity index (χ2v) is 4.93. The quantitative estimate of drug-likeness (QED) is 0.923. The Balaban J connectivity index is 1.64. The lowest BCUT2D eigenvalue weighted by Gasteiger charge is -2.24. The largest absolute Gasteiger partial charge is 0.497 e. The summed E-state index contributed by atoms with van der Waals surface area (Å²) in [4.78, 5) is 16.5. The van der Waals surface area contributed by atoms with Gasteiger partial charge in [0, 0.05) is 37.0 Å². The van der Waals surface area contributed by atoms with Crippen molar-refractivity contribution in [1.29, 1.82) is 0 Å². The van der Waals surface area contributed by atoms with Gasteiger partial charge in [-0.25, -0.2) is 4.98 Å². The van der Waals surface area contributed by atoms with Crippen LogP contribution in [0.2, 0.25) is 0 Å². The average molecular weight is 271 g/mol. The molecule has 0 saturated heterocycles. The zero-order valence-electron chi connectivity index (χ0n) is 11.4. The Morgan fingerprint density at radius 2 is 2.20 bits per heavy atom. The van der Waals surface area contributed by atoms with Crippen LogP contribution in [-0.4, -0.2) is 28.6 Å². The van der Waals surface area contributed by atoms with E-state index in [2.05, 4.69) is 14.9 Å². The first-order valence-electron chi connectivity index (χ1n) is 6.71. The third-order valence-electron chi connectivity index (χ3n) is 3.64. The molecule has 1 amide bonds. The van der Waals surface area contributed by atoms with Gasteiger partial charge < -0.3 is 14.6 Å². The Morgan fingerprint density at radius 3 is 2.95 bits per heavy atom. The van der Waals surface area contributed by atoms with Crippen molar-refractivity contribution in [2.24, 2.45) is 0 Å². The average Bonchev–Trinajstić information content (AvgIpc) is 2.95. The van der Waals surface area contributed by atoms with Gasteiger partial charge in [-0.15, -0.1) is 0 Å². The molecule has 1 aliphatic heterocycles. The molecule has 1 aliphatic rings. The van der Waals surface area contributed by atoms with Gasteiger partial charge in [0.25, 0.3) is 5.91 Å². The van der Waals surface area contributed by atoms with Crippen molar-refractivity contribution >= 4 is 5.91 Å². The van der Waals surface area contributed by atoms with Crippen LogP contribution in [0.4, 0.5) is 0 Å². The van der Waals surface area contributed by atoms with Gasteiger partial charge in [0.2, 0.25) is 0 Å². The van der Waals surface area contributed by atoms with Crippen molar-refractivity contribution in [2.45, 2.75) is 25.4 Å². The van der Waals surface area contributed by atoms with E-state index in [9.17, 15) is 4.79 Å². The van der Waals surface area contributed by atoms with Gasteiger partial charge in [-0.1, -0.05) is 0 Å². The maximum Gasteiger partial charge on any atom is 0.251 e. The van der Waals surface area contributed by atoms with E-state index in [0.717, 1.165) is 31.0 Å². The second kappa shape index (κ2) is 5.36. The van der Waals surface area contributed by atoms with Gasteiger partial charge in [-0.05, 0) is 30.7 Å². The number of fused-ring (bicyclic) bond motifs is 1. The molecule has 3 rings (SSSR count). The fourth-order valence-electron chi connectivity index (χ4n) is 2.49. The summed E-state index contributed by atoms with van der Waals surface area (Å²) in [7, 11) is 1.61. The summed E-state index contributed by atoms with van der Waals surface area (Å²) in [5.41, 5.74) is 0.653. The minimum atomic E-state index is -0.0438. The van der Waals surface area contributed by atoms with Gasteiger partial charge in [-0.2, -0.15) is 0 Å². The Bertz CT molecular complexity index is 604. The van der Waals surface area contributed by atoms with E-state index < -0.39 is 0 Å². The number of nitrogens with one attached hydrogen (secondary N) is 1. The molecule has 0 spiro atoms. The molecule has 20 heavy (non-hydrogen) atoms. The number of rotatable bonds is 3. The number of hydrogen-bond donors (Lipinski definition) is 1. The predicted octanol–water partition coefficient (Wildman–Crippen LogP) is 1.64. The number of nitrogens with zero attached hydrogens (tertiary/aromatic N) is 2. The van der Waals surface area contributed by atoms with Gasteiger partial charge in [0.05, 0.1) is 7.11 Å². The van der Waals surface area contributed by atoms with E-state index in [-0.39, 0.29) is 11.9 Å². The number of aromatic nitrogens is 2. The minimum Gasteiger partial charge on any atom is -0.497 e. The highest BCUT2D eigenvalue weighted by Crippen LogP contribution is 2.15. The Morgan fingerprint density at radius 1 is 1.40 bits per heavy atom. The molecule has 1 unspecified atom stereocenters. The van der Waals surface area contributed by atoms with Crippen LogP contribution in [0.1, 0.15) is 22.6 Å². The normalized spacial score (nSPS) is 17.4. The van der Waals surface area contributed by atoms with E-state index in [1.807, 2.05) is 12.4 Å². The molecular weight excluding hydrogens is 254 g/mol. The van der Waals surface area contributed by atoms with Gasteiger partial charge >= 0.3 is 0 Å². The van der Waals surface area contributed by atoms with Crippen LogP contribution in [0.5, 0.6) is 5.75 Å². The fraction of sp³-hybridized carbons (Fsp3) is 0.333. The van der Waals surface area contributed by atoms with Crippen molar-refractivity contribution in [3.63, 3.8) is 0 Å². The molecule has 0 fully saturated rings. The summed E-state index contributed by atoms with van der Waals surface area (Å²) < 4.78 is 7.22. The van der Waals surface area contributed by atoms with Gasteiger partial charge in [0.15, 0.2) is 0 Å². The second-order valence-electron chi connectivity index (χ2n) is 4.93. The SMILES string of the molecule is COc1ccc(C(=O)NC2CCn3ccnc3C2)cc1. The summed E-state index contributed by atoms with van der Waals surface area (Å²) in [6, 6.07) is 7.29. The number of aryl methyl sites for hydroxylation is 1. The molecule has 0 saturated carbocycles. The first kappa shape index (κ1) is 12.7. The van der Waals surface area contributed by atoms with Crippen LogP contribution >= 0.6 is 0 Å². The number of imidazole rings is 1. The lowest BCUT2D eigenvalue weighted by Crippen LogP contribution is -2.40. The van der Waals surface area contributed by atoms with Gasteiger partial charge in [-0.3, -0.25) is 4.79 Å². The van der Waals surface area contributed by atoms with Crippen molar-refractivity contribution in [1.82, 2.24) is 14.9 Å². The summed E-state index contributed by atoms with van der Waals surface area (Å²) >= 11 is 0. The minimum absolute atomic E-state index is 0.0438. The molecule has 1 atom stereocenters. The maximum absolute atomic E-state index is 12.2. The molecule has 2 aromatic rings. The van der Waals surface area contributed by atoms with Gasteiger partial charge in [0.1, 0.15) is 11.6 Å². The summed E-state index contributed by atoms with van der Waals surface area (Å²) in [6.45, 7) is 0.906. The van der Waals surface area contributed by atoms with E-state index in [1.165, 1.54) is 0 Å². The summed E-state index contributed by atoms with van der Waals surface area (Å²) in [5, 5.41) is 3.07. The standard InChI is InChI=1S/C15H17N3O2/c1-20-13-4-2-11(3-5-13)15(19)17-12-6-8-18-9-7-16-14(18)10-12/h2-5,7,9,12H,6,8,10H2,1H3,(H,17,19). The zero-order chi connectivity index (χ0) is 13.9. The molecule has 5 heteroatoms. The first-order valence-corrected chi connectivity index (χ1v) is 6.71. The van der Waals surface area contributed by atoms with E-state index in [4.69, 9.17) is 4.74 Å². The highest BCUT2D eigenvalue weighted by molar-refractivity contribution is 5.94. The van der Waals surface area contributed by atoms with Crippen LogP contribution in [-0.2, 0) is 13.0 Å². The molecule has 0 aliphatic carbocycles. The smallest absolute Gasteiger partial charge is 0.251 e. The monoisotopic (exact) mass is 271 g/mol. The van der Waals surface area contributed by atoms with E-state index in [0.29, 0.717) is 5.56 Å². The van der Waals surface area contributed by atoms with Crippen LogP contribution in [0.15, 0.2) is 36.7 Å². The molecular formula is C15H17N3O2. The number of methoxy groups -OCH3 is 1. The van der Waals surface area contributed by atoms with Crippen LogP contribution in [0.3, 0.4) is 0 Å². The van der Waals surface area contributed by atoms with Crippen LogP contribution in [0.25, 0.3) is 0 Å². The molecule has 1 aromatic heterocycles. The Labute approximate surface area is 117 Å². The molecule has 1 N–H and O–H groups in total. The lowest BCUT2D eigenvalue weighted by molar-refractivity contribution is 0.0930. The number of ether oxygens (including phenoxy) is 1. The Hall–Kier alpha value is -2.30. The number of hydrogen-bond acceptors (Lipinski definition) is 3. The van der Waals surface area contributed by atoms with Crippen LogP contribution in [0, 0.1) is 0 Å². The molecule has 0 bridgehead atoms. The lowest BCUT2D eigenvalue weighted by atomic mass is 10.1. The van der Waals surface area contributed by atoms with Crippen LogP contribution < -0.4 is 10.1 Å². The first-order chi connectivity index (χ1) is 9.76. The highest BCUT2D eigenvalue weighted by Gasteiger charge is 2.21. The van der Waals surface area contributed by atoms with Crippen molar-refractivity contribution in [2.75, 3.05) is 7.11 Å². The third kappa shape index (κ3) is 2.52. The molecule has 1 aromatic carbocycles. The number of carbonyl (C=O) groups excluding carboxylic acids is 1. The van der Waals surface area contributed by atoms with E-state index >= 15 is 0 Å². The Kier molecular flexibility index (Phi) is 3.41. The van der Waals surface area contributed by atoms with Crippen molar-refractivity contribution in [3.8, 4) is 5.75 Å². The number of carbonyl (C=O) groups is 1. The van der Waals surface area contributed by atoms with E-state index in [1.54, 1.807) is 31.4 Å². The summed E-state index contributed by atoms with van der Waals surface area (Å²) in [5.74, 6) is 1.75. The fourth-order valence-corrected chi connectivity index (χ4v) is 2.49. The zero-order valence-corrected chi connectivity index (χ0v) is 11.4. The molecule has 5 nitrogen and oxygen atoms in total. The topological polar surface area (TPSA) is 56.1 Å². The third-order valence-corrected chi connectivity index (χ3v) is 3.64. The number of amides is 1. The summed E-state index contributed by atoms with van der Waals surface area (Å²) in [6.07, 6.45) is 5.51. The van der Waals surface area contributed by atoms with Crippen molar-refractivity contribution in [3.05, 3.63) is 48.0 Å². The molecule has 104 valence electrons. The maximum atomic E-state index is 12.2. The number of benzene rings is 1. The molecule has 2 heterocycles. The van der Waals surface area contributed by atoms with Crippen molar-refractivity contribution < 1.29 is 9.53 Å². The highest BCUT2D eigenvalue weighted by atomic mass is 16.5. The molecule has 0 radical (unpaired) electrons.